The standard InChI is InChI=1S/C12H12BrN3O4/c13-8-2-1-7(6-14)10(5-8)16-12(20)15-9(3-4-17)11(18)19/h1-2,5,9,17H,3-4H2,(H,18,19)(H2,15,16,20). The van der Waals surface area contributed by atoms with Crippen molar-refractivity contribution in [2.24, 2.45) is 0 Å². The minimum Gasteiger partial charge on any atom is -0.480 e. The Morgan fingerprint density at radius 3 is 2.70 bits per heavy atom. The third kappa shape index (κ3) is 4.53. The van der Waals surface area contributed by atoms with Crippen molar-refractivity contribution in [2.75, 3.05) is 11.9 Å². The number of rotatable bonds is 5. The van der Waals surface area contributed by atoms with Gasteiger partial charge in [-0.2, -0.15) is 5.26 Å². The van der Waals surface area contributed by atoms with E-state index in [0.29, 0.717) is 4.47 Å². The van der Waals surface area contributed by atoms with E-state index in [1.54, 1.807) is 6.07 Å². The molecule has 0 aromatic heterocycles. The summed E-state index contributed by atoms with van der Waals surface area (Å²) in [7, 11) is 0. The number of aliphatic hydroxyl groups is 1. The highest BCUT2D eigenvalue weighted by Gasteiger charge is 2.19. The third-order valence-corrected chi connectivity index (χ3v) is 2.86. The van der Waals surface area contributed by atoms with E-state index >= 15 is 0 Å². The number of nitriles is 1. The average molecular weight is 342 g/mol. The van der Waals surface area contributed by atoms with Crippen molar-refractivity contribution in [3.63, 3.8) is 0 Å². The van der Waals surface area contributed by atoms with Crippen molar-refractivity contribution in [3.8, 4) is 6.07 Å². The van der Waals surface area contributed by atoms with Crippen molar-refractivity contribution in [1.82, 2.24) is 5.32 Å². The second-order valence-electron chi connectivity index (χ2n) is 3.80. The molecule has 0 heterocycles. The van der Waals surface area contributed by atoms with Gasteiger partial charge in [-0.05, 0) is 18.2 Å². The first kappa shape index (κ1) is 15.9. The van der Waals surface area contributed by atoms with E-state index in [1.165, 1.54) is 12.1 Å². The van der Waals surface area contributed by atoms with Gasteiger partial charge < -0.3 is 20.8 Å². The molecule has 0 saturated heterocycles. The molecule has 0 spiro atoms. The largest absolute Gasteiger partial charge is 0.480 e. The fourth-order valence-electron chi connectivity index (χ4n) is 1.42. The first-order chi connectivity index (χ1) is 9.47. The van der Waals surface area contributed by atoms with Gasteiger partial charge in [0.05, 0.1) is 11.3 Å². The number of amides is 2. The molecule has 1 unspecified atom stereocenters. The molecule has 7 nitrogen and oxygen atoms in total. The zero-order valence-corrected chi connectivity index (χ0v) is 11.8. The minimum absolute atomic E-state index is 0.105. The molecule has 0 aliphatic heterocycles. The lowest BCUT2D eigenvalue weighted by Crippen LogP contribution is -2.43. The summed E-state index contributed by atoms with van der Waals surface area (Å²) in [6, 6.07) is 4.64. The maximum atomic E-state index is 11.7. The van der Waals surface area contributed by atoms with Crippen molar-refractivity contribution < 1.29 is 19.8 Å². The second-order valence-corrected chi connectivity index (χ2v) is 4.72. The molecular weight excluding hydrogens is 330 g/mol. The average Bonchev–Trinajstić information content (AvgIpc) is 2.38. The Morgan fingerprint density at radius 1 is 1.45 bits per heavy atom. The maximum absolute atomic E-state index is 11.7. The molecule has 0 aliphatic carbocycles. The van der Waals surface area contributed by atoms with E-state index in [2.05, 4.69) is 26.6 Å². The van der Waals surface area contributed by atoms with E-state index in [-0.39, 0.29) is 24.3 Å². The van der Waals surface area contributed by atoms with Crippen LogP contribution in [0.1, 0.15) is 12.0 Å². The van der Waals surface area contributed by atoms with Crippen LogP contribution in [0.15, 0.2) is 22.7 Å². The molecule has 0 fully saturated rings. The fraction of sp³-hybridized carbons (Fsp3) is 0.250. The number of carboxylic acid groups (broad SMARTS) is 1. The number of nitrogens with one attached hydrogen (secondary N) is 2. The van der Waals surface area contributed by atoms with Gasteiger partial charge in [0.25, 0.3) is 0 Å². The van der Waals surface area contributed by atoms with Gasteiger partial charge in [0, 0.05) is 17.5 Å². The number of carbonyl (C=O) groups is 2. The molecule has 4 N–H and O–H groups in total. The molecule has 1 aromatic carbocycles. The number of nitrogens with zero attached hydrogens (tertiary/aromatic N) is 1. The van der Waals surface area contributed by atoms with Crippen LogP contribution in [0.2, 0.25) is 0 Å². The van der Waals surface area contributed by atoms with Crippen LogP contribution in [0.4, 0.5) is 10.5 Å². The van der Waals surface area contributed by atoms with Gasteiger partial charge >= 0.3 is 12.0 Å². The van der Waals surface area contributed by atoms with Crippen LogP contribution in [0.25, 0.3) is 0 Å². The Bertz CT molecular complexity index is 556. The first-order valence-electron chi connectivity index (χ1n) is 5.58. The van der Waals surface area contributed by atoms with Crippen LogP contribution < -0.4 is 10.6 Å². The fourth-order valence-corrected chi connectivity index (χ4v) is 1.78. The van der Waals surface area contributed by atoms with E-state index in [9.17, 15) is 9.59 Å². The van der Waals surface area contributed by atoms with Crippen molar-refractivity contribution in [2.45, 2.75) is 12.5 Å². The summed E-state index contributed by atoms with van der Waals surface area (Å²) in [5.41, 5.74) is 0.505. The summed E-state index contributed by atoms with van der Waals surface area (Å²) in [6.45, 7) is -0.364. The molecule has 1 atom stereocenters. The maximum Gasteiger partial charge on any atom is 0.326 e. The van der Waals surface area contributed by atoms with E-state index < -0.39 is 18.0 Å². The number of hydrogen-bond acceptors (Lipinski definition) is 4. The van der Waals surface area contributed by atoms with Crippen molar-refractivity contribution >= 4 is 33.6 Å². The normalized spacial score (nSPS) is 11.2. The third-order valence-electron chi connectivity index (χ3n) is 2.37. The number of halogens is 1. The number of aliphatic hydroxyl groups excluding tert-OH is 1. The van der Waals surface area contributed by atoms with Crippen LogP contribution in [-0.4, -0.2) is 34.9 Å². The van der Waals surface area contributed by atoms with Gasteiger partial charge in [-0.3, -0.25) is 0 Å². The Labute approximate surface area is 123 Å². The number of urea groups is 1. The van der Waals surface area contributed by atoms with Crippen LogP contribution in [0.5, 0.6) is 0 Å². The smallest absolute Gasteiger partial charge is 0.326 e. The number of anilines is 1. The number of benzene rings is 1. The number of carbonyl (C=O) groups excluding carboxylic acids is 1. The highest BCUT2D eigenvalue weighted by Crippen LogP contribution is 2.20. The Morgan fingerprint density at radius 2 is 2.15 bits per heavy atom. The van der Waals surface area contributed by atoms with Gasteiger partial charge in [-0.1, -0.05) is 15.9 Å². The zero-order valence-electron chi connectivity index (χ0n) is 10.3. The van der Waals surface area contributed by atoms with Gasteiger partial charge in [0.1, 0.15) is 12.1 Å². The highest BCUT2D eigenvalue weighted by atomic mass is 79.9. The Kier molecular flexibility index (Phi) is 5.96. The number of hydrogen-bond donors (Lipinski definition) is 4. The van der Waals surface area contributed by atoms with E-state index in [4.69, 9.17) is 15.5 Å². The molecule has 2 amide bonds. The molecule has 1 aromatic rings. The van der Waals surface area contributed by atoms with E-state index in [0.717, 1.165) is 0 Å². The molecule has 106 valence electrons. The minimum atomic E-state index is -1.25. The lowest BCUT2D eigenvalue weighted by atomic mass is 10.2. The van der Waals surface area contributed by atoms with Crippen molar-refractivity contribution in [1.29, 1.82) is 5.26 Å². The summed E-state index contributed by atoms with van der Waals surface area (Å²) >= 11 is 3.21. The molecule has 0 aliphatic rings. The molecule has 0 radical (unpaired) electrons. The molecule has 20 heavy (non-hydrogen) atoms. The summed E-state index contributed by atoms with van der Waals surface area (Å²) in [5.74, 6) is -1.25. The molecular formula is C12H12BrN3O4. The quantitative estimate of drug-likeness (QED) is 0.642. The molecule has 1 rings (SSSR count). The van der Waals surface area contributed by atoms with Crippen LogP contribution in [0.3, 0.4) is 0 Å². The molecule has 0 bridgehead atoms. The lowest BCUT2D eigenvalue weighted by Gasteiger charge is -2.14. The summed E-state index contributed by atoms with van der Waals surface area (Å²) < 4.78 is 0.664. The topological polar surface area (TPSA) is 122 Å². The number of carboxylic acids is 1. The zero-order chi connectivity index (χ0) is 15.1. The molecule has 0 saturated carbocycles. The van der Waals surface area contributed by atoms with Gasteiger partial charge in [0.15, 0.2) is 0 Å². The highest BCUT2D eigenvalue weighted by molar-refractivity contribution is 9.10. The second kappa shape index (κ2) is 7.47. The van der Waals surface area contributed by atoms with Crippen LogP contribution in [-0.2, 0) is 4.79 Å². The molecule has 8 heteroatoms. The monoisotopic (exact) mass is 341 g/mol. The van der Waals surface area contributed by atoms with Crippen LogP contribution in [0, 0.1) is 11.3 Å². The predicted molar refractivity (Wildman–Crippen MR) is 74.1 cm³/mol. The van der Waals surface area contributed by atoms with Crippen molar-refractivity contribution in [3.05, 3.63) is 28.2 Å². The lowest BCUT2D eigenvalue weighted by molar-refractivity contribution is -0.139. The summed E-state index contributed by atoms with van der Waals surface area (Å²) in [5, 5.41) is 31.1. The van der Waals surface area contributed by atoms with Crippen LogP contribution >= 0.6 is 15.9 Å². The predicted octanol–water partition coefficient (Wildman–Crippen LogP) is 1.28. The van der Waals surface area contributed by atoms with E-state index in [1.807, 2.05) is 6.07 Å². The van der Waals surface area contributed by atoms with Gasteiger partial charge in [-0.15, -0.1) is 0 Å². The Hall–Kier alpha value is -2.11. The Balaban J connectivity index is 2.78. The first-order valence-corrected chi connectivity index (χ1v) is 6.38. The summed E-state index contributed by atoms with van der Waals surface area (Å²) in [6.07, 6.45) is -0.105. The number of aliphatic carboxylic acids is 1. The van der Waals surface area contributed by atoms with Gasteiger partial charge in [0.2, 0.25) is 0 Å². The SMILES string of the molecule is N#Cc1ccc(Br)cc1NC(=O)NC(CCO)C(=O)O. The van der Waals surface area contributed by atoms with Gasteiger partial charge in [-0.25, -0.2) is 9.59 Å². The summed E-state index contributed by atoms with van der Waals surface area (Å²) in [4.78, 5) is 22.5.